The van der Waals surface area contributed by atoms with Gasteiger partial charge in [-0.1, -0.05) is 12.1 Å². The first kappa shape index (κ1) is 16.7. The van der Waals surface area contributed by atoms with Crippen molar-refractivity contribution in [3.8, 4) is 17.2 Å². The molecule has 6 heteroatoms. The first-order chi connectivity index (χ1) is 12.7. The highest BCUT2D eigenvalue weighted by Crippen LogP contribution is 2.34. The summed E-state index contributed by atoms with van der Waals surface area (Å²) in [6, 6.07) is 13.9. The normalized spacial score (nSPS) is 15.2. The van der Waals surface area contributed by atoms with Crippen LogP contribution in [0.2, 0.25) is 0 Å². The maximum atomic E-state index is 12.5. The Kier molecular flexibility index (Phi) is 4.67. The molecule has 2 aliphatic rings. The number of ether oxygens (including phenoxy) is 3. The molecule has 0 bridgehead atoms. The van der Waals surface area contributed by atoms with Gasteiger partial charge in [-0.15, -0.1) is 0 Å². The van der Waals surface area contributed by atoms with E-state index in [9.17, 15) is 4.79 Å². The van der Waals surface area contributed by atoms with E-state index in [1.807, 2.05) is 36.4 Å². The highest BCUT2D eigenvalue weighted by atomic mass is 16.7. The standard InChI is InChI=1S/C20H22N2O4/c1-24-17-7-2-14(3-8-17)11-22(16-5-6-16)12-20(23)21-15-4-9-18-19(10-15)26-13-25-18/h2-4,7-10,16H,5-6,11-13H2,1H3,(H,21,23). The van der Waals surface area contributed by atoms with Crippen molar-refractivity contribution in [2.75, 3.05) is 25.8 Å². The Morgan fingerprint density at radius 2 is 1.92 bits per heavy atom. The number of fused-ring (bicyclic) bond motifs is 1. The van der Waals surface area contributed by atoms with E-state index in [4.69, 9.17) is 14.2 Å². The van der Waals surface area contributed by atoms with Crippen LogP contribution in [0, 0.1) is 0 Å². The highest BCUT2D eigenvalue weighted by Gasteiger charge is 2.30. The van der Waals surface area contributed by atoms with Gasteiger partial charge in [-0.3, -0.25) is 9.69 Å². The number of carbonyl (C=O) groups is 1. The molecule has 0 radical (unpaired) electrons. The lowest BCUT2D eigenvalue weighted by atomic mass is 10.2. The largest absolute Gasteiger partial charge is 0.497 e. The van der Waals surface area contributed by atoms with Crippen molar-refractivity contribution < 1.29 is 19.0 Å². The lowest BCUT2D eigenvalue weighted by molar-refractivity contribution is -0.117. The number of amides is 1. The number of hydrogen-bond acceptors (Lipinski definition) is 5. The predicted molar refractivity (Wildman–Crippen MR) is 97.6 cm³/mol. The van der Waals surface area contributed by atoms with Crippen molar-refractivity contribution in [3.05, 3.63) is 48.0 Å². The van der Waals surface area contributed by atoms with Crippen LogP contribution in [0.25, 0.3) is 0 Å². The molecule has 1 amide bonds. The van der Waals surface area contributed by atoms with Crippen LogP contribution in [0.3, 0.4) is 0 Å². The number of methoxy groups -OCH3 is 1. The Hall–Kier alpha value is -2.73. The summed E-state index contributed by atoms with van der Waals surface area (Å²) in [6.07, 6.45) is 2.29. The molecular formula is C20H22N2O4. The molecule has 1 saturated carbocycles. The molecule has 136 valence electrons. The van der Waals surface area contributed by atoms with Gasteiger partial charge in [0.1, 0.15) is 5.75 Å². The quantitative estimate of drug-likeness (QED) is 0.828. The molecule has 0 atom stereocenters. The zero-order valence-corrected chi connectivity index (χ0v) is 14.7. The number of benzene rings is 2. The fourth-order valence-corrected chi connectivity index (χ4v) is 3.08. The molecule has 2 aromatic rings. The smallest absolute Gasteiger partial charge is 0.238 e. The summed E-state index contributed by atoms with van der Waals surface area (Å²) in [5, 5.41) is 2.95. The van der Waals surface area contributed by atoms with Gasteiger partial charge in [0.15, 0.2) is 11.5 Å². The van der Waals surface area contributed by atoms with Crippen LogP contribution in [0.4, 0.5) is 5.69 Å². The monoisotopic (exact) mass is 354 g/mol. The van der Waals surface area contributed by atoms with Gasteiger partial charge in [0.2, 0.25) is 12.7 Å². The summed E-state index contributed by atoms with van der Waals surface area (Å²) < 4.78 is 15.8. The van der Waals surface area contributed by atoms with Crippen molar-refractivity contribution in [1.29, 1.82) is 0 Å². The Balaban J connectivity index is 1.37. The minimum absolute atomic E-state index is 0.0238. The summed E-state index contributed by atoms with van der Waals surface area (Å²) in [5.41, 5.74) is 1.90. The third-order valence-corrected chi connectivity index (χ3v) is 4.61. The molecule has 1 aliphatic heterocycles. The average Bonchev–Trinajstić information content (AvgIpc) is 3.40. The summed E-state index contributed by atoms with van der Waals surface area (Å²) in [5.74, 6) is 2.19. The second-order valence-corrected chi connectivity index (χ2v) is 6.60. The molecule has 1 N–H and O–H groups in total. The predicted octanol–water partition coefficient (Wildman–Crippen LogP) is 3.03. The Bertz CT molecular complexity index is 787. The lowest BCUT2D eigenvalue weighted by Crippen LogP contribution is -2.34. The van der Waals surface area contributed by atoms with E-state index >= 15 is 0 Å². The molecule has 26 heavy (non-hydrogen) atoms. The molecule has 6 nitrogen and oxygen atoms in total. The number of carbonyl (C=O) groups excluding carboxylic acids is 1. The van der Waals surface area contributed by atoms with Crippen molar-refractivity contribution in [2.24, 2.45) is 0 Å². The zero-order chi connectivity index (χ0) is 17.9. The van der Waals surface area contributed by atoms with E-state index in [0.29, 0.717) is 24.1 Å². The molecule has 1 aliphatic carbocycles. The summed E-state index contributed by atoms with van der Waals surface area (Å²) in [7, 11) is 1.66. The molecular weight excluding hydrogens is 332 g/mol. The molecule has 1 fully saturated rings. The van der Waals surface area contributed by atoms with Crippen LogP contribution >= 0.6 is 0 Å². The fourth-order valence-electron chi connectivity index (χ4n) is 3.08. The highest BCUT2D eigenvalue weighted by molar-refractivity contribution is 5.92. The fraction of sp³-hybridized carbons (Fsp3) is 0.350. The van der Waals surface area contributed by atoms with Crippen molar-refractivity contribution in [1.82, 2.24) is 4.90 Å². The summed E-state index contributed by atoms with van der Waals surface area (Å²) in [6.45, 7) is 1.35. The molecule has 4 rings (SSSR count). The molecule has 1 heterocycles. The SMILES string of the molecule is COc1ccc(CN(CC(=O)Nc2ccc3c(c2)OCO3)C2CC2)cc1. The van der Waals surface area contributed by atoms with Crippen molar-refractivity contribution >= 4 is 11.6 Å². The van der Waals surface area contributed by atoms with E-state index in [-0.39, 0.29) is 12.7 Å². The van der Waals surface area contributed by atoms with E-state index in [0.717, 1.165) is 30.8 Å². The minimum atomic E-state index is -0.0238. The topological polar surface area (TPSA) is 60.0 Å². The van der Waals surface area contributed by atoms with E-state index < -0.39 is 0 Å². The maximum absolute atomic E-state index is 12.5. The number of anilines is 1. The Morgan fingerprint density at radius 1 is 1.15 bits per heavy atom. The van der Waals surface area contributed by atoms with Gasteiger partial charge >= 0.3 is 0 Å². The summed E-state index contributed by atoms with van der Waals surface area (Å²) in [4.78, 5) is 14.7. The third kappa shape index (κ3) is 3.91. The van der Waals surface area contributed by atoms with Crippen LogP contribution in [-0.4, -0.2) is 37.3 Å². The van der Waals surface area contributed by atoms with E-state index in [1.165, 1.54) is 5.56 Å². The molecule has 2 aromatic carbocycles. The second-order valence-electron chi connectivity index (χ2n) is 6.60. The molecule has 0 saturated heterocycles. The van der Waals surface area contributed by atoms with E-state index in [2.05, 4.69) is 10.2 Å². The van der Waals surface area contributed by atoms with Crippen LogP contribution in [0.1, 0.15) is 18.4 Å². The van der Waals surface area contributed by atoms with Crippen molar-refractivity contribution in [3.63, 3.8) is 0 Å². The van der Waals surface area contributed by atoms with E-state index in [1.54, 1.807) is 13.2 Å². The van der Waals surface area contributed by atoms with Crippen LogP contribution in [0.15, 0.2) is 42.5 Å². The first-order valence-electron chi connectivity index (χ1n) is 8.78. The average molecular weight is 354 g/mol. The van der Waals surface area contributed by atoms with Gasteiger partial charge in [-0.2, -0.15) is 0 Å². The second kappa shape index (κ2) is 7.25. The van der Waals surface area contributed by atoms with Crippen LogP contribution in [0.5, 0.6) is 17.2 Å². The van der Waals surface area contributed by atoms with Crippen LogP contribution < -0.4 is 19.5 Å². The number of rotatable bonds is 7. The van der Waals surface area contributed by atoms with Gasteiger partial charge in [-0.05, 0) is 42.7 Å². The number of nitrogens with one attached hydrogen (secondary N) is 1. The maximum Gasteiger partial charge on any atom is 0.238 e. The number of nitrogens with zero attached hydrogens (tertiary/aromatic N) is 1. The van der Waals surface area contributed by atoms with Gasteiger partial charge in [0.05, 0.1) is 13.7 Å². The summed E-state index contributed by atoms with van der Waals surface area (Å²) >= 11 is 0. The van der Waals surface area contributed by atoms with Gasteiger partial charge < -0.3 is 19.5 Å². The van der Waals surface area contributed by atoms with Crippen molar-refractivity contribution in [2.45, 2.75) is 25.4 Å². The minimum Gasteiger partial charge on any atom is -0.497 e. The van der Waals surface area contributed by atoms with Gasteiger partial charge in [0, 0.05) is 24.3 Å². The Labute approximate surface area is 152 Å². The molecule has 0 aromatic heterocycles. The van der Waals surface area contributed by atoms with Gasteiger partial charge in [0.25, 0.3) is 0 Å². The number of hydrogen-bond donors (Lipinski definition) is 1. The molecule has 0 unspecified atom stereocenters. The third-order valence-electron chi connectivity index (χ3n) is 4.61. The van der Waals surface area contributed by atoms with Gasteiger partial charge in [-0.25, -0.2) is 0 Å². The zero-order valence-electron chi connectivity index (χ0n) is 14.7. The Morgan fingerprint density at radius 3 is 2.65 bits per heavy atom. The first-order valence-corrected chi connectivity index (χ1v) is 8.78. The lowest BCUT2D eigenvalue weighted by Gasteiger charge is -2.21. The molecule has 0 spiro atoms. The van der Waals surface area contributed by atoms with Crippen LogP contribution in [-0.2, 0) is 11.3 Å².